The molecule has 0 saturated heterocycles. The van der Waals surface area contributed by atoms with Crippen molar-refractivity contribution in [3.8, 4) is 5.88 Å². The number of methoxy groups -OCH3 is 1. The molecule has 1 heterocycles. The summed E-state index contributed by atoms with van der Waals surface area (Å²) in [4.78, 5) is 4.01. The van der Waals surface area contributed by atoms with Gasteiger partial charge >= 0.3 is 29.6 Å². The zero-order chi connectivity index (χ0) is 8.27. The third kappa shape index (κ3) is 3.20. The van der Waals surface area contributed by atoms with Crippen LogP contribution in [-0.4, -0.2) is 20.9 Å². The maximum Gasteiger partial charge on any atom is 1.00 e. The third-order valence-corrected chi connectivity index (χ3v) is 1.76. The fourth-order valence-electron chi connectivity index (χ4n) is 0.591. The minimum Gasteiger partial charge on any atom is -1.00 e. The van der Waals surface area contributed by atoms with Crippen molar-refractivity contribution in [2.75, 3.05) is 7.11 Å². The Morgan fingerprint density at radius 3 is 2.67 bits per heavy atom. The number of hydrogen-bond acceptors (Lipinski definition) is 3. The van der Waals surface area contributed by atoms with Crippen LogP contribution in [0.2, 0.25) is 0 Å². The van der Waals surface area contributed by atoms with Crippen molar-refractivity contribution in [2.24, 2.45) is 0 Å². The van der Waals surface area contributed by atoms with E-state index in [9.17, 15) is 4.21 Å². The fourth-order valence-corrected chi connectivity index (χ4v) is 0.918. The Labute approximate surface area is 96.4 Å². The van der Waals surface area contributed by atoms with E-state index >= 15 is 0 Å². The van der Waals surface area contributed by atoms with Gasteiger partial charge in [-0.15, -0.1) is 0 Å². The van der Waals surface area contributed by atoms with Gasteiger partial charge in [0.2, 0.25) is 5.88 Å². The third-order valence-electron chi connectivity index (χ3n) is 1.12. The van der Waals surface area contributed by atoms with E-state index in [0.29, 0.717) is 5.88 Å². The summed E-state index contributed by atoms with van der Waals surface area (Å²) < 4.78 is 23.8. The molecule has 0 fully saturated rings. The van der Waals surface area contributed by atoms with Crippen molar-refractivity contribution < 1.29 is 44.5 Å². The van der Waals surface area contributed by atoms with Crippen LogP contribution in [-0.2, 0) is 11.1 Å². The second kappa shape index (κ2) is 5.66. The Bertz CT molecular complexity index is 269. The summed E-state index contributed by atoms with van der Waals surface area (Å²) in [6, 6.07) is 3.02. The van der Waals surface area contributed by atoms with Crippen LogP contribution in [0.5, 0.6) is 5.88 Å². The summed E-state index contributed by atoms with van der Waals surface area (Å²) in [5, 5.41) is 0. The predicted octanol–water partition coefficient (Wildman–Crippen LogP) is -2.21. The summed E-state index contributed by atoms with van der Waals surface area (Å²) in [6.07, 6.45) is 1.30. The SMILES string of the molecule is COc1ccc(S(=O)O)cn1.[H-].[Na+]. The van der Waals surface area contributed by atoms with Crippen LogP contribution < -0.4 is 34.3 Å². The molecule has 0 spiro atoms. The molecule has 0 radical (unpaired) electrons. The van der Waals surface area contributed by atoms with Crippen LogP contribution >= 0.6 is 0 Å². The number of aromatic nitrogens is 1. The molecule has 0 aliphatic carbocycles. The Kier molecular flexibility index (Phi) is 5.69. The largest absolute Gasteiger partial charge is 1.00 e. The summed E-state index contributed by atoms with van der Waals surface area (Å²) in [5.41, 5.74) is 0. The van der Waals surface area contributed by atoms with Crippen molar-refractivity contribution >= 4 is 11.1 Å². The standard InChI is InChI=1S/C6H7NO3S.Na.H/c1-10-6-3-2-5(4-7-6)11(8)9;;/h2-4H,1H3,(H,8,9);;/q;+1;-1. The normalized spacial score (nSPS) is 11.5. The first kappa shape index (κ1) is 12.1. The average Bonchev–Trinajstić information content (AvgIpc) is 2.05. The zero-order valence-electron chi connectivity index (χ0n) is 7.85. The molecular formula is C6H8NNaO3S. The van der Waals surface area contributed by atoms with Crippen LogP contribution in [0.3, 0.4) is 0 Å². The molecule has 1 atom stereocenters. The first-order valence-corrected chi connectivity index (χ1v) is 3.95. The van der Waals surface area contributed by atoms with Crippen molar-refractivity contribution in [1.82, 2.24) is 4.98 Å². The van der Waals surface area contributed by atoms with Gasteiger partial charge in [0.1, 0.15) is 0 Å². The molecular weight excluding hydrogens is 189 g/mol. The van der Waals surface area contributed by atoms with Gasteiger partial charge in [-0.25, -0.2) is 9.19 Å². The summed E-state index contributed by atoms with van der Waals surface area (Å²) in [7, 11) is 1.48. The number of nitrogens with zero attached hydrogens (tertiary/aromatic N) is 1. The molecule has 1 aromatic rings. The van der Waals surface area contributed by atoms with Gasteiger partial charge in [0, 0.05) is 12.3 Å². The molecule has 6 heteroatoms. The summed E-state index contributed by atoms with van der Waals surface area (Å²) >= 11 is -1.96. The molecule has 0 aromatic carbocycles. The van der Waals surface area contributed by atoms with Crippen molar-refractivity contribution in [3.63, 3.8) is 0 Å². The number of rotatable bonds is 2. The van der Waals surface area contributed by atoms with Crippen molar-refractivity contribution in [3.05, 3.63) is 18.3 Å². The van der Waals surface area contributed by atoms with E-state index in [1.807, 2.05) is 0 Å². The van der Waals surface area contributed by atoms with Gasteiger partial charge in [-0.3, -0.25) is 0 Å². The van der Waals surface area contributed by atoms with Gasteiger partial charge in [0.05, 0.1) is 12.0 Å². The minimum atomic E-state index is -1.96. The molecule has 1 rings (SSSR count). The molecule has 0 aliphatic heterocycles. The van der Waals surface area contributed by atoms with E-state index < -0.39 is 11.1 Å². The molecule has 0 aliphatic rings. The zero-order valence-corrected chi connectivity index (χ0v) is 9.67. The first-order chi connectivity index (χ1) is 5.24. The molecule has 0 bridgehead atoms. The molecule has 1 N–H and O–H groups in total. The summed E-state index contributed by atoms with van der Waals surface area (Å²) in [6.45, 7) is 0. The number of pyridine rings is 1. The van der Waals surface area contributed by atoms with Crippen LogP contribution in [0, 0.1) is 0 Å². The maximum absolute atomic E-state index is 10.4. The Hall–Kier alpha value is 0.0600. The molecule has 1 aromatic heterocycles. The second-order valence-electron chi connectivity index (χ2n) is 1.79. The van der Waals surface area contributed by atoms with Gasteiger partial charge in [-0.1, -0.05) is 0 Å². The van der Waals surface area contributed by atoms with Crippen molar-refractivity contribution in [2.45, 2.75) is 4.90 Å². The van der Waals surface area contributed by atoms with E-state index in [2.05, 4.69) is 4.98 Å². The molecule has 12 heavy (non-hydrogen) atoms. The molecule has 4 nitrogen and oxygen atoms in total. The Morgan fingerprint density at radius 2 is 2.33 bits per heavy atom. The summed E-state index contributed by atoms with van der Waals surface area (Å²) in [5.74, 6) is 0.430. The van der Waals surface area contributed by atoms with E-state index in [4.69, 9.17) is 9.29 Å². The topological polar surface area (TPSA) is 59.4 Å². The van der Waals surface area contributed by atoms with Gasteiger partial charge in [0.25, 0.3) is 0 Å². The van der Waals surface area contributed by atoms with Gasteiger partial charge in [0.15, 0.2) is 11.1 Å². The molecule has 0 saturated carbocycles. The van der Waals surface area contributed by atoms with E-state index in [-0.39, 0.29) is 35.9 Å². The van der Waals surface area contributed by atoms with Gasteiger partial charge < -0.3 is 10.7 Å². The van der Waals surface area contributed by atoms with Gasteiger partial charge in [-0.05, 0) is 6.07 Å². The van der Waals surface area contributed by atoms with Crippen LogP contribution in [0.15, 0.2) is 23.2 Å². The Balaban J connectivity index is 0. The fraction of sp³-hybridized carbons (Fsp3) is 0.167. The second-order valence-corrected chi connectivity index (χ2v) is 2.76. The Morgan fingerprint density at radius 1 is 1.67 bits per heavy atom. The maximum atomic E-state index is 10.4. The molecule has 62 valence electrons. The van der Waals surface area contributed by atoms with E-state index in [1.165, 1.54) is 25.4 Å². The van der Waals surface area contributed by atoms with E-state index in [1.54, 1.807) is 0 Å². The molecule has 0 amide bonds. The van der Waals surface area contributed by atoms with Crippen molar-refractivity contribution in [1.29, 1.82) is 0 Å². The predicted molar refractivity (Wildman–Crippen MR) is 40.9 cm³/mol. The van der Waals surface area contributed by atoms with Crippen LogP contribution in [0.4, 0.5) is 0 Å². The quantitative estimate of drug-likeness (QED) is 0.431. The smallest absolute Gasteiger partial charge is 1.00 e. The average molecular weight is 197 g/mol. The van der Waals surface area contributed by atoms with Crippen LogP contribution in [0.25, 0.3) is 0 Å². The molecule has 1 unspecified atom stereocenters. The van der Waals surface area contributed by atoms with Gasteiger partial charge in [-0.2, -0.15) is 0 Å². The first-order valence-electron chi connectivity index (χ1n) is 2.85. The van der Waals surface area contributed by atoms with Crippen LogP contribution in [0.1, 0.15) is 1.43 Å². The minimum absolute atomic E-state index is 0. The number of hydrogen-bond donors (Lipinski definition) is 1. The van der Waals surface area contributed by atoms with E-state index in [0.717, 1.165) is 0 Å². The number of ether oxygens (including phenoxy) is 1. The monoisotopic (exact) mass is 197 g/mol.